The second-order valence-corrected chi connectivity index (χ2v) is 8.23. The molecule has 0 aliphatic heterocycles. The molecule has 3 heterocycles. The number of aryl methyl sites for hydroxylation is 1. The summed E-state index contributed by atoms with van der Waals surface area (Å²) in [7, 11) is 0. The van der Waals surface area contributed by atoms with Crippen molar-refractivity contribution in [3.05, 3.63) is 91.4 Å². The van der Waals surface area contributed by atoms with Crippen molar-refractivity contribution in [1.82, 2.24) is 19.7 Å². The minimum atomic E-state index is -0.785. The largest absolute Gasteiger partial charge is 0.472 e. The van der Waals surface area contributed by atoms with E-state index in [2.05, 4.69) is 15.1 Å². The number of nitrogen functional groups attached to an aromatic ring is 1. The highest BCUT2D eigenvalue weighted by Gasteiger charge is 2.15. The lowest BCUT2D eigenvalue weighted by Gasteiger charge is -2.13. The lowest BCUT2D eigenvalue weighted by Crippen LogP contribution is -2.33. The van der Waals surface area contributed by atoms with Gasteiger partial charge in [-0.3, -0.25) is 9.78 Å². The van der Waals surface area contributed by atoms with Crippen LogP contribution in [0.5, 0.6) is 11.5 Å². The van der Waals surface area contributed by atoms with E-state index in [1.54, 1.807) is 18.6 Å². The van der Waals surface area contributed by atoms with Crippen LogP contribution in [0.4, 0.5) is 5.82 Å². The summed E-state index contributed by atoms with van der Waals surface area (Å²) in [6, 6.07) is 12.1. The highest BCUT2D eigenvalue weighted by molar-refractivity contribution is 6.37. The van der Waals surface area contributed by atoms with Gasteiger partial charge in [-0.2, -0.15) is 4.68 Å². The Morgan fingerprint density at radius 3 is 2.56 bits per heavy atom. The maximum absolute atomic E-state index is 12.1. The Morgan fingerprint density at radius 1 is 1.09 bits per heavy atom. The van der Waals surface area contributed by atoms with E-state index >= 15 is 0 Å². The Hall–Kier alpha value is -4.08. The van der Waals surface area contributed by atoms with E-state index in [-0.39, 0.29) is 27.3 Å². The van der Waals surface area contributed by atoms with E-state index in [0.717, 1.165) is 32.4 Å². The van der Waals surface area contributed by atoms with Gasteiger partial charge in [0.05, 0.1) is 39.5 Å². The van der Waals surface area contributed by atoms with Crippen LogP contribution in [0.25, 0.3) is 27.8 Å². The van der Waals surface area contributed by atoms with Crippen LogP contribution >= 0.6 is 23.2 Å². The first kappa shape index (κ1) is 21.7. The van der Waals surface area contributed by atoms with Gasteiger partial charge in [0.15, 0.2) is 5.75 Å². The van der Waals surface area contributed by atoms with Crippen molar-refractivity contribution >= 4 is 39.9 Å². The van der Waals surface area contributed by atoms with Crippen molar-refractivity contribution in [2.45, 2.75) is 6.92 Å². The van der Waals surface area contributed by atoms with E-state index in [9.17, 15) is 9.59 Å². The highest BCUT2D eigenvalue weighted by atomic mass is 35.5. The summed E-state index contributed by atoms with van der Waals surface area (Å²) in [5.74, 6) is 0.314. The second kappa shape index (κ2) is 8.36. The number of benzene rings is 2. The number of ether oxygens (including phenoxy) is 1. The van der Waals surface area contributed by atoms with Crippen LogP contribution in [-0.2, 0) is 0 Å². The Labute approximate surface area is 201 Å². The molecule has 5 aromatic rings. The third kappa shape index (κ3) is 3.91. The van der Waals surface area contributed by atoms with E-state index in [0.29, 0.717) is 5.75 Å². The zero-order chi connectivity index (χ0) is 24.0. The van der Waals surface area contributed by atoms with Crippen molar-refractivity contribution in [1.29, 1.82) is 0 Å². The van der Waals surface area contributed by atoms with Crippen LogP contribution in [0.3, 0.4) is 0 Å². The normalized spacial score (nSPS) is 11.1. The van der Waals surface area contributed by atoms with Crippen molar-refractivity contribution in [2.75, 3.05) is 5.73 Å². The molecule has 0 aliphatic rings. The minimum absolute atomic E-state index is 0.131. The standard InChI is InChI=1S/C23H15Cl2N5O4/c1-11-6-19(12-4-5-33-10-12)27-18-3-2-14(9-15(11)18)34-20-16(24)7-13(8-17(20)25)30-23(32)28-22(31)21(26)29-30/h2-10H,1H3,(H2,26,29)(H,28,31,32). The molecule has 0 spiro atoms. The summed E-state index contributed by atoms with van der Waals surface area (Å²) in [6.07, 6.45) is 3.24. The average Bonchev–Trinajstić information content (AvgIpc) is 3.34. The quantitative estimate of drug-likeness (QED) is 0.368. The topological polar surface area (TPSA) is 129 Å². The maximum Gasteiger partial charge on any atom is 0.349 e. The molecule has 11 heteroatoms. The summed E-state index contributed by atoms with van der Waals surface area (Å²) in [5.41, 5.74) is 7.64. The molecule has 0 saturated carbocycles. The molecule has 170 valence electrons. The number of nitrogens with zero attached hydrogens (tertiary/aromatic N) is 3. The van der Waals surface area contributed by atoms with Crippen LogP contribution in [0.1, 0.15) is 5.56 Å². The molecule has 0 amide bonds. The molecule has 0 bridgehead atoms. The molecule has 0 atom stereocenters. The van der Waals surface area contributed by atoms with Gasteiger partial charge in [0.1, 0.15) is 5.75 Å². The third-order valence-electron chi connectivity index (χ3n) is 5.10. The molecule has 0 unspecified atom stereocenters. The molecule has 34 heavy (non-hydrogen) atoms. The number of hydrogen-bond donors (Lipinski definition) is 2. The lowest BCUT2D eigenvalue weighted by atomic mass is 10.1. The molecule has 5 rings (SSSR count). The van der Waals surface area contributed by atoms with E-state index < -0.39 is 11.2 Å². The molecular weight excluding hydrogens is 481 g/mol. The number of fused-ring (bicyclic) bond motifs is 1. The Bertz CT molecular complexity index is 1650. The number of H-pyrrole nitrogens is 1. The minimum Gasteiger partial charge on any atom is -0.472 e. The van der Waals surface area contributed by atoms with Gasteiger partial charge in [-0.1, -0.05) is 23.2 Å². The Kier molecular flexibility index (Phi) is 5.35. The van der Waals surface area contributed by atoms with E-state index in [1.165, 1.54) is 12.1 Å². The summed E-state index contributed by atoms with van der Waals surface area (Å²) in [4.78, 5) is 30.3. The molecule has 3 N–H and O–H groups in total. The number of anilines is 1. The lowest BCUT2D eigenvalue weighted by molar-refractivity contribution is 0.483. The zero-order valence-electron chi connectivity index (χ0n) is 17.5. The highest BCUT2D eigenvalue weighted by Crippen LogP contribution is 2.39. The van der Waals surface area contributed by atoms with Gasteiger partial charge in [-0.15, -0.1) is 5.10 Å². The Balaban J connectivity index is 1.51. The van der Waals surface area contributed by atoms with E-state index in [4.69, 9.17) is 38.1 Å². The monoisotopic (exact) mass is 495 g/mol. The molecule has 0 fully saturated rings. The fourth-order valence-corrected chi connectivity index (χ4v) is 4.02. The van der Waals surface area contributed by atoms with Crippen molar-refractivity contribution in [3.8, 4) is 28.4 Å². The second-order valence-electron chi connectivity index (χ2n) is 7.41. The number of pyridine rings is 1. The van der Waals surface area contributed by atoms with Crippen molar-refractivity contribution in [3.63, 3.8) is 0 Å². The molecule has 2 aromatic carbocycles. The van der Waals surface area contributed by atoms with Gasteiger partial charge >= 0.3 is 5.69 Å². The summed E-state index contributed by atoms with van der Waals surface area (Å²) in [5, 5.41) is 4.93. The number of halogens is 2. The number of nitrogens with two attached hydrogens (primary N) is 1. The Morgan fingerprint density at radius 2 is 1.85 bits per heavy atom. The predicted octanol–water partition coefficient (Wildman–Crippen LogP) is 4.72. The fourth-order valence-electron chi connectivity index (χ4n) is 3.47. The summed E-state index contributed by atoms with van der Waals surface area (Å²) >= 11 is 12.8. The zero-order valence-corrected chi connectivity index (χ0v) is 19.0. The predicted molar refractivity (Wildman–Crippen MR) is 129 cm³/mol. The molecule has 0 saturated heterocycles. The van der Waals surface area contributed by atoms with Gasteiger partial charge in [0, 0.05) is 10.9 Å². The number of aromatic amines is 1. The van der Waals surface area contributed by atoms with Crippen LogP contribution in [-0.4, -0.2) is 19.7 Å². The van der Waals surface area contributed by atoms with Crippen LogP contribution < -0.4 is 21.7 Å². The van der Waals surface area contributed by atoms with Gasteiger partial charge in [-0.25, -0.2) is 9.78 Å². The van der Waals surface area contributed by atoms with Gasteiger partial charge in [-0.05, 0) is 55.0 Å². The first-order valence-electron chi connectivity index (χ1n) is 9.90. The van der Waals surface area contributed by atoms with E-state index in [1.807, 2.05) is 31.2 Å². The van der Waals surface area contributed by atoms with Crippen molar-refractivity contribution < 1.29 is 9.15 Å². The van der Waals surface area contributed by atoms with Crippen LogP contribution in [0, 0.1) is 6.92 Å². The first-order valence-corrected chi connectivity index (χ1v) is 10.7. The van der Waals surface area contributed by atoms with Crippen molar-refractivity contribution in [2.24, 2.45) is 0 Å². The SMILES string of the molecule is Cc1cc(-c2ccoc2)nc2ccc(Oc3c(Cl)cc(-n4nc(N)c(=O)[nH]c4=O)cc3Cl)cc12. The summed E-state index contributed by atoms with van der Waals surface area (Å²) in [6.45, 7) is 1.98. The summed E-state index contributed by atoms with van der Waals surface area (Å²) < 4.78 is 12.0. The fraction of sp³-hybridized carbons (Fsp3) is 0.0435. The number of rotatable bonds is 4. The number of hydrogen-bond acceptors (Lipinski definition) is 7. The van der Waals surface area contributed by atoms with Gasteiger partial charge in [0.2, 0.25) is 5.82 Å². The maximum atomic E-state index is 12.1. The molecular formula is C23H15Cl2N5O4. The van der Waals surface area contributed by atoms with Crippen LogP contribution in [0.2, 0.25) is 10.0 Å². The van der Waals surface area contributed by atoms with Gasteiger partial charge < -0.3 is 14.9 Å². The average molecular weight is 496 g/mol. The number of nitrogens with one attached hydrogen (secondary N) is 1. The van der Waals surface area contributed by atoms with Gasteiger partial charge in [0.25, 0.3) is 5.56 Å². The smallest absolute Gasteiger partial charge is 0.349 e. The number of aromatic nitrogens is 4. The molecule has 9 nitrogen and oxygen atoms in total. The molecule has 0 radical (unpaired) electrons. The number of furan rings is 1. The van der Waals surface area contributed by atoms with Crippen LogP contribution in [0.15, 0.2) is 69.0 Å². The third-order valence-corrected chi connectivity index (χ3v) is 5.67. The molecule has 3 aromatic heterocycles. The first-order chi connectivity index (χ1) is 16.3. The molecule has 0 aliphatic carbocycles.